The lowest BCUT2D eigenvalue weighted by atomic mass is 10.0. The maximum Gasteiger partial charge on any atom is 0.269 e. The number of non-ortho nitro benzene ring substituents is 1. The van der Waals surface area contributed by atoms with Crippen molar-refractivity contribution >= 4 is 18.1 Å². The van der Waals surface area contributed by atoms with Crippen LogP contribution < -0.4 is 5.32 Å². The van der Waals surface area contributed by atoms with Crippen molar-refractivity contribution in [2.75, 3.05) is 20.1 Å². The van der Waals surface area contributed by atoms with E-state index in [1.54, 1.807) is 12.1 Å². The minimum absolute atomic E-state index is 0. The van der Waals surface area contributed by atoms with Crippen molar-refractivity contribution in [1.29, 1.82) is 0 Å². The maximum absolute atomic E-state index is 10.7. The fourth-order valence-corrected chi connectivity index (χ4v) is 2.41. The summed E-state index contributed by atoms with van der Waals surface area (Å²) in [7, 11) is 2.00. The number of nitro groups is 1. The highest BCUT2D eigenvalue weighted by Gasteiger charge is 2.18. The topological polar surface area (TPSA) is 58.4 Å². The Labute approximate surface area is 119 Å². The molecule has 0 bridgehead atoms. The fraction of sp³-hybridized carbons (Fsp3) is 0.538. The van der Waals surface area contributed by atoms with E-state index in [-0.39, 0.29) is 23.0 Å². The van der Waals surface area contributed by atoms with Crippen LogP contribution in [0.1, 0.15) is 18.4 Å². The Bertz CT molecular complexity index is 420. The zero-order valence-corrected chi connectivity index (χ0v) is 11.9. The van der Waals surface area contributed by atoms with Gasteiger partial charge in [0.15, 0.2) is 0 Å². The number of benzene rings is 1. The van der Waals surface area contributed by atoms with Gasteiger partial charge >= 0.3 is 0 Å². The first-order valence-electron chi connectivity index (χ1n) is 6.32. The number of piperidine rings is 1. The van der Waals surface area contributed by atoms with Gasteiger partial charge in [0, 0.05) is 24.7 Å². The van der Waals surface area contributed by atoms with Gasteiger partial charge in [-0.15, -0.1) is 12.4 Å². The molecule has 0 saturated carbocycles. The molecular formula is C13H20ClN3O2. The summed E-state index contributed by atoms with van der Waals surface area (Å²) >= 11 is 0. The van der Waals surface area contributed by atoms with Crippen LogP contribution in [-0.2, 0) is 6.54 Å². The summed E-state index contributed by atoms with van der Waals surface area (Å²) in [4.78, 5) is 12.7. The molecule has 19 heavy (non-hydrogen) atoms. The molecule has 106 valence electrons. The fourth-order valence-electron chi connectivity index (χ4n) is 2.41. The third-order valence-corrected chi connectivity index (χ3v) is 3.52. The summed E-state index contributed by atoms with van der Waals surface area (Å²) in [6, 6.07) is 7.54. The molecular weight excluding hydrogens is 266 g/mol. The number of nitrogens with zero attached hydrogens (tertiary/aromatic N) is 2. The first-order valence-corrected chi connectivity index (χ1v) is 6.32. The Kier molecular flexibility index (Phi) is 6.21. The van der Waals surface area contributed by atoms with Gasteiger partial charge < -0.3 is 5.32 Å². The second-order valence-electron chi connectivity index (χ2n) is 4.77. The van der Waals surface area contributed by atoms with Crippen molar-refractivity contribution in [2.24, 2.45) is 0 Å². The third-order valence-electron chi connectivity index (χ3n) is 3.52. The predicted octanol–water partition coefficient (Wildman–Crippen LogP) is 2.20. The standard InChI is InChI=1S/C13H19N3O2.ClH/c1-14-12-5-7-15(8-6-12)10-11-3-2-4-13(9-11)16(17)18;/h2-4,9,12,14H,5-8,10H2,1H3;1H. The smallest absolute Gasteiger partial charge is 0.269 e. The lowest BCUT2D eigenvalue weighted by Gasteiger charge is -2.31. The van der Waals surface area contributed by atoms with Crippen LogP contribution in [0.25, 0.3) is 0 Å². The number of halogens is 1. The third kappa shape index (κ3) is 4.45. The molecule has 1 fully saturated rings. The zero-order chi connectivity index (χ0) is 13.0. The van der Waals surface area contributed by atoms with Gasteiger partial charge in [0.2, 0.25) is 0 Å². The van der Waals surface area contributed by atoms with Gasteiger partial charge in [-0.3, -0.25) is 15.0 Å². The molecule has 6 heteroatoms. The highest BCUT2D eigenvalue weighted by Crippen LogP contribution is 2.17. The van der Waals surface area contributed by atoms with Crippen molar-refractivity contribution in [3.63, 3.8) is 0 Å². The van der Waals surface area contributed by atoms with Gasteiger partial charge in [0.05, 0.1) is 4.92 Å². The second kappa shape index (κ2) is 7.43. The van der Waals surface area contributed by atoms with E-state index in [2.05, 4.69) is 10.2 Å². The van der Waals surface area contributed by atoms with Crippen molar-refractivity contribution in [3.8, 4) is 0 Å². The molecule has 0 amide bonds. The van der Waals surface area contributed by atoms with Crippen LogP contribution in [0, 0.1) is 10.1 Å². The zero-order valence-electron chi connectivity index (χ0n) is 11.0. The van der Waals surface area contributed by atoms with Crippen LogP contribution >= 0.6 is 12.4 Å². The van der Waals surface area contributed by atoms with E-state index in [1.807, 2.05) is 13.1 Å². The Morgan fingerprint density at radius 1 is 1.42 bits per heavy atom. The van der Waals surface area contributed by atoms with Gasteiger partial charge in [0.25, 0.3) is 5.69 Å². The lowest BCUT2D eigenvalue weighted by Crippen LogP contribution is -2.40. The van der Waals surface area contributed by atoms with E-state index < -0.39 is 0 Å². The Hall–Kier alpha value is -1.17. The molecule has 1 aliphatic heterocycles. The quantitative estimate of drug-likeness (QED) is 0.681. The molecule has 1 N–H and O–H groups in total. The van der Waals surface area contributed by atoms with Crippen LogP contribution in [0.4, 0.5) is 5.69 Å². The molecule has 5 nitrogen and oxygen atoms in total. The van der Waals surface area contributed by atoms with Crippen molar-refractivity contribution in [1.82, 2.24) is 10.2 Å². The van der Waals surface area contributed by atoms with E-state index in [0.29, 0.717) is 6.04 Å². The van der Waals surface area contributed by atoms with Crippen molar-refractivity contribution < 1.29 is 4.92 Å². The normalized spacial score (nSPS) is 16.9. The first-order chi connectivity index (χ1) is 8.69. The molecule has 0 aromatic heterocycles. The van der Waals surface area contributed by atoms with Gasteiger partial charge in [-0.1, -0.05) is 12.1 Å². The van der Waals surface area contributed by atoms with Crippen LogP contribution in [0.15, 0.2) is 24.3 Å². The Balaban J connectivity index is 0.00000180. The Morgan fingerprint density at radius 2 is 2.11 bits per heavy atom. The highest BCUT2D eigenvalue weighted by atomic mass is 35.5. The van der Waals surface area contributed by atoms with E-state index in [4.69, 9.17) is 0 Å². The van der Waals surface area contributed by atoms with E-state index in [1.165, 1.54) is 6.07 Å². The molecule has 0 radical (unpaired) electrons. The summed E-state index contributed by atoms with van der Waals surface area (Å²) < 4.78 is 0. The SMILES string of the molecule is CNC1CCN(Cc2cccc([N+](=O)[O-])c2)CC1.Cl. The van der Waals surface area contributed by atoms with Gasteiger partial charge in [-0.25, -0.2) is 0 Å². The molecule has 2 rings (SSSR count). The largest absolute Gasteiger partial charge is 0.317 e. The Morgan fingerprint density at radius 3 is 2.68 bits per heavy atom. The summed E-state index contributed by atoms with van der Waals surface area (Å²) in [6.07, 6.45) is 2.29. The van der Waals surface area contributed by atoms with Crippen LogP contribution in [0.2, 0.25) is 0 Å². The minimum atomic E-state index is -0.337. The monoisotopic (exact) mass is 285 g/mol. The van der Waals surface area contributed by atoms with E-state index in [9.17, 15) is 10.1 Å². The highest BCUT2D eigenvalue weighted by molar-refractivity contribution is 5.85. The maximum atomic E-state index is 10.7. The number of hydrogen-bond acceptors (Lipinski definition) is 4. The van der Waals surface area contributed by atoms with Crippen molar-refractivity contribution in [3.05, 3.63) is 39.9 Å². The number of likely N-dealkylation sites (tertiary alicyclic amines) is 1. The summed E-state index contributed by atoms with van der Waals surface area (Å²) in [5, 5.41) is 14.0. The molecule has 0 spiro atoms. The number of hydrogen-bond donors (Lipinski definition) is 1. The summed E-state index contributed by atoms with van der Waals surface area (Å²) in [6.45, 7) is 2.90. The van der Waals surface area contributed by atoms with Crippen LogP contribution in [-0.4, -0.2) is 36.0 Å². The van der Waals surface area contributed by atoms with Crippen molar-refractivity contribution in [2.45, 2.75) is 25.4 Å². The van der Waals surface area contributed by atoms with E-state index in [0.717, 1.165) is 38.0 Å². The molecule has 0 unspecified atom stereocenters. The molecule has 1 aliphatic rings. The molecule has 1 aromatic rings. The molecule has 1 saturated heterocycles. The number of nitro benzene ring substituents is 1. The van der Waals surface area contributed by atoms with Crippen LogP contribution in [0.3, 0.4) is 0 Å². The molecule has 1 heterocycles. The lowest BCUT2D eigenvalue weighted by molar-refractivity contribution is -0.384. The van der Waals surface area contributed by atoms with Crippen LogP contribution in [0.5, 0.6) is 0 Å². The molecule has 0 atom stereocenters. The molecule has 1 aromatic carbocycles. The average molecular weight is 286 g/mol. The summed E-state index contributed by atoms with van der Waals surface area (Å²) in [5.41, 5.74) is 1.20. The van der Waals surface area contributed by atoms with Gasteiger partial charge in [0.1, 0.15) is 0 Å². The summed E-state index contributed by atoms with van der Waals surface area (Å²) in [5.74, 6) is 0. The first kappa shape index (κ1) is 15.9. The van der Waals surface area contributed by atoms with Gasteiger partial charge in [-0.05, 0) is 38.5 Å². The predicted molar refractivity (Wildman–Crippen MR) is 77.7 cm³/mol. The number of rotatable bonds is 4. The second-order valence-corrected chi connectivity index (χ2v) is 4.77. The average Bonchev–Trinajstić information content (AvgIpc) is 2.40. The minimum Gasteiger partial charge on any atom is -0.317 e. The number of nitrogens with one attached hydrogen (secondary N) is 1. The van der Waals surface area contributed by atoms with E-state index >= 15 is 0 Å². The molecule has 0 aliphatic carbocycles. The van der Waals surface area contributed by atoms with Gasteiger partial charge in [-0.2, -0.15) is 0 Å².